The van der Waals surface area contributed by atoms with Gasteiger partial charge in [0.15, 0.2) is 0 Å². The smallest absolute Gasteiger partial charge is 0.0419 e. The van der Waals surface area contributed by atoms with Crippen LogP contribution >= 0.6 is 0 Å². The summed E-state index contributed by atoms with van der Waals surface area (Å²) in [4.78, 5) is 6.93. The van der Waals surface area contributed by atoms with Gasteiger partial charge < -0.3 is 10.2 Å². The van der Waals surface area contributed by atoms with Gasteiger partial charge >= 0.3 is 0 Å². The SMILES string of the molecule is CCCNC(CCN(CC)CC)Cc1ccccn1. The summed E-state index contributed by atoms with van der Waals surface area (Å²) in [5.74, 6) is 0. The van der Waals surface area contributed by atoms with Crippen molar-refractivity contribution in [2.75, 3.05) is 26.2 Å². The highest BCUT2D eigenvalue weighted by molar-refractivity contribution is 5.05. The van der Waals surface area contributed by atoms with Gasteiger partial charge in [0.25, 0.3) is 0 Å². The normalized spacial score (nSPS) is 12.8. The first-order chi connectivity index (χ1) is 9.30. The van der Waals surface area contributed by atoms with Crippen molar-refractivity contribution in [2.45, 2.75) is 46.1 Å². The number of nitrogens with zero attached hydrogens (tertiary/aromatic N) is 2. The van der Waals surface area contributed by atoms with E-state index in [0.717, 1.165) is 26.1 Å². The Morgan fingerprint density at radius 3 is 2.58 bits per heavy atom. The third-order valence-corrected chi connectivity index (χ3v) is 3.55. The lowest BCUT2D eigenvalue weighted by molar-refractivity contribution is 0.280. The largest absolute Gasteiger partial charge is 0.314 e. The number of rotatable bonds is 10. The molecule has 0 saturated heterocycles. The van der Waals surface area contributed by atoms with Crippen molar-refractivity contribution < 1.29 is 0 Å². The molecule has 108 valence electrons. The highest BCUT2D eigenvalue weighted by Gasteiger charge is 2.11. The van der Waals surface area contributed by atoms with Crippen LogP contribution in [0.25, 0.3) is 0 Å². The van der Waals surface area contributed by atoms with Crippen LogP contribution in [0.4, 0.5) is 0 Å². The molecule has 1 unspecified atom stereocenters. The first-order valence-corrected chi connectivity index (χ1v) is 7.65. The van der Waals surface area contributed by atoms with E-state index in [1.54, 1.807) is 0 Å². The average Bonchev–Trinajstić information content (AvgIpc) is 2.46. The molecule has 0 aliphatic heterocycles. The number of hydrogen-bond acceptors (Lipinski definition) is 3. The zero-order chi connectivity index (χ0) is 13.9. The third kappa shape index (κ3) is 6.69. The van der Waals surface area contributed by atoms with Crippen molar-refractivity contribution in [3.8, 4) is 0 Å². The minimum atomic E-state index is 0.537. The highest BCUT2D eigenvalue weighted by atomic mass is 15.1. The van der Waals surface area contributed by atoms with Crippen LogP contribution in [0.1, 0.15) is 39.3 Å². The second kappa shape index (κ2) is 9.93. The van der Waals surface area contributed by atoms with Crippen molar-refractivity contribution in [2.24, 2.45) is 0 Å². The summed E-state index contributed by atoms with van der Waals surface area (Å²) in [7, 11) is 0. The summed E-state index contributed by atoms with van der Waals surface area (Å²) in [5, 5.41) is 3.65. The molecule has 1 heterocycles. The van der Waals surface area contributed by atoms with Crippen molar-refractivity contribution in [3.63, 3.8) is 0 Å². The van der Waals surface area contributed by atoms with Gasteiger partial charge in [-0.2, -0.15) is 0 Å². The van der Waals surface area contributed by atoms with E-state index < -0.39 is 0 Å². The van der Waals surface area contributed by atoms with Gasteiger partial charge in [0.2, 0.25) is 0 Å². The number of pyridine rings is 1. The van der Waals surface area contributed by atoms with Gasteiger partial charge in [0.05, 0.1) is 0 Å². The zero-order valence-corrected chi connectivity index (χ0v) is 12.7. The van der Waals surface area contributed by atoms with E-state index in [9.17, 15) is 0 Å². The maximum Gasteiger partial charge on any atom is 0.0419 e. The Bertz CT molecular complexity index is 309. The molecule has 1 aromatic heterocycles. The molecule has 3 heteroatoms. The lowest BCUT2D eigenvalue weighted by Gasteiger charge is -2.23. The second-order valence-electron chi connectivity index (χ2n) is 4.99. The van der Waals surface area contributed by atoms with Crippen LogP contribution in [-0.2, 0) is 6.42 Å². The second-order valence-corrected chi connectivity index (χ2v) is 4.99. The van der Waals surface area contributed by atoms with E-state index in [0.29, 0.717) is 6.04 Å². The van der Waals surface area contributed by atoms with Gasteiger partial charge in [0.1, 0.15) is 0 Å². The summed E-state index contributed by atoms with van der Waals surface area (Å²) in [6.07, 6.45) is 5.29. The fourth-order valence-corrected chi connectivity index (χ4v) is 2.27. The summed E-state index contributed by atoms with van der Waals surface area (Å²) >= 11 is 0. The Labute approximate surface area is 118 Å². The molecule has 0 aliphatic carbocycles. The van der Waals surface area contributed by atoms with Crippen molar-refractivity contribution in [3.05, 3.63) is 30.1 Å². The van der Waals surface area contributed by atoms with E-state index in [1.807, 2.05) is 12.3 Å². The van der Waals surface area contributed by atoms with Crippen LogP contribution in [0.3, 0.4) is 0 Å². The maximum atomic E-state index is 4.44. The third-order valence-electron chi connectivity index (χ3n) is 3.55. The fraction of sp³-hybridized carbons (Fsp3) is 0.688. The van der Waals surface area contributed by atoms with Gasteiger partial charge in [-0.15, -0.1) is 0 Å². The summed E-state index contributed by atoms with van der Waals surface area (Å²) < 4.78 is 0. The molecular weight excluding hydrogens is 234 g/mol. The van der Waals surface area contributed by atoms with Crippen molar-refractivity contribution in [1.82, 2.24) is 15.2 Å². The average molecular weight is 263 g/mol. The molecule has 3 nitrogen and oxygen atoms in total. The monoisotopic (exact) mass is 263 g/mol. The van der Waals surface area contributed by atoms with Crippen LogP contribution in [-0.4, -0.2) is 42.1 Å². The predicted molar refractivity (Wildman–Crippen MR) is 82.4 cm³/mol. The molecular formula is C16H29N3. The van der Waals surface area contributed by atoms with E-state index in [2.05, 4.69) is 48.1 Å². The number of nitrogens with one attached hydrogen (secondary N) is 1. The predicted octanol–water partition coefficient (Wildman–Crippen LogP) is 2.72. The van der Waals surface area contributed by atoms with E-state index >= 15 is 0 Å². The molecule has 0 aliphatic rings. The molecule has 0 aromatic carbocycles. The van der Waals surface area contributed by atoms with Crippen LogP contribution < -0.4 is 5.32 Å². The summed E-state index contributed by atoms with van der Waals surface area (Å²) in [6, 6.07) is 6.71. The first-order valence-electron chi connectivity index (χ1n) is 7.65. The van der Waals surface area contributed by atoms with Crippen LogP contribution in [0, 0.1) is 0 Å². The molecule has 0 radical (unpaired) electrons. The number of aromatic nitrogens is 1. The molecule has 0 bridgehead atoms. The molecule has 1 N–H and O–H groups in total. The zero-order valence-electron chi connectivity index (χ0n) is 12.7. The van der Waals surface area contributed by atoms with Gasteiger partial charge in [-0.05, 0) is 51.2 Å². The lowest BCUT2D eigenvalue weighted by Crippen LogP contribution is -2.36. The van der Waals surface area contributed by atoms with Gasteiger partial charge in [0, 0.05) is 24.4 Å². The maximum absolute atomic E-state index is 4.44. The van der Waals surface area contributed by atoms with Crippen molar-refractivity contribution in [1.29, 1.82) is 0 Å². The molecule has 0 amide bonds. The van der Waals surface area contributed by atoms with E-state index in [4.69, 9.17) is 0 Å². The summed E-state index contributed by atoms with van der Waals surface area (Å²) in [5.41, 5.74) is 1.19. The Balaban J connectivity index is 2.46. The van der Waals surface area contributed by atoms with Gasteiger partial charge in [-0.3, -0.25) is 4.98 Å². The molecule has 0 saturated carbocycles. The molecule has 0 spiro atoms. The molecule has 0 fully saturated rings. The Morgan fingerprint density at radius 1 is 1.21 bits per heavy atom. The fourth-order valence-electron chi connectivity index (χ4n) is 2.27. The topological polar surface area (TPSA) is 28.2 Å². The van der Waals surface area contributed by atoms with E-state index in [-0.39, 0.29) is 0 Å². The van der Waals surface area contributed by atoms with Crippen molar-refractivity contribution >= 4 is 0 Å². The molecule has 1 rings (SSSR count). The standard InChI is InChI=1S/C16H29N3/c1-4-11-17-16(10-13-19(5-2)6-3)14-15-9-7-8-12-18-15/h7-9,12,16-17H,4-6,10-11,13-14H2,1-3H3. The molecule has 1 aromatic rings. The molecule has 19 heavy (non-hydrogen) atoms. The minimum Gasteiger partial charge on any atom is -0.314 e. The van der Waals surface area contributed by atoms with Crippen LogP contribution in [0.5, 0.6) is 0 Å². The lowest BCUT2D eigenvalue weighted by atomic mass is 10.1. The Morgan fingerprint density at radius 2 is 2.00 bits per heavy atom. The Hall–Kier alpha value is -0.930. The summed E-state index contributed by atoms with van der Waals surface area (Å²) in [6.45, 7) is 11.2. The first kappa shape index (κ1) is 16.1. The van der Waals surface area contributed by atoms with Gasteiger partial charge in [-0.25, -0.2) is 0 Å². The van der Waals surface area contributed by atoms with Crippen LogP contribution in [0.15, 0.2) is 24.4 Å². The van der Waals surface area contributed by atoms with Crippen LogP contribution in [0.2, 0.25) is 0 Å². The minimum absolute atomic E-state index is 0.537. The molecule has 1 atom stereocenters. The van der Waals surface area contributed by atoms with Gasteiger partial charge in [-0.1, -0.05) is 26.8 Å². The number of hydrogen-bond donors (Lipinski definition) is 1. The Kier molecular flexibility index (Phi) is 8.43. The highest BCUT2D eigenvalue weighted by Crippen LogP contribution is 2.05. The van der Waals surface area contributed by atoms with E-state index in [1.165, 1.54) is 25.1 Å². The quantitative estimate of drug-likeness (QED) is 0.703.